The molecule has 1 aromatic rings. The molecule has 0 amide bonds. The Hall–Kier alpha value is -1.72. The van der Waals surface area contributed by atoms with Crippen molar-refractivity contribution in [3.05, 3.63) is 35.1 Å². The van der Waals surface area contributed by atoms with Crippen LogP contribution in [0.15, 0.2) is 29.4 Å². The van der Waals surface area contributed by atoms with Gasteiger partial charge in [0, 0.05) is 30.9 Å². The predicted octanol–water partition coefficient (Wildman–Crippen LogP) is 7.66. The fourth-order valence-electron chi connectivity index (χ4n) is 5.43. The highest BCUT2D eigenvalue weighted by Gasteiger charge is 2.66. The van der Waals surface area contributed by atoms with Crippen molar-refractivity contribution in [1.82, 2.24) is 4.98 Å². The minimum atomic E-state index is -0.620. The fraction of sp³-hybridized carbons (Fsp3) is 0.700. The van der Waals surface area contributed by atoms with Crippen molar-refractivity contribution in [2.24, 2.45) is 11.3 Å². The Balaban J connectivity index is 1.89. The Kier molecular flexibility index (Phi) is 9.79. The second kappa shape index (κ2) is 12.2. The zero-order chi connectivity index (χ0) is 26.4. The lowest BCUT2D eigenvalue weighted by atomic mass is 9.79. The summed E-state index contributed by atoms with van der Waals surface area (Å²) < 4.78 is 12.5. The highest BCUT2D eigenvalue weighted by Crippen LogP contribution is 2.57. The summed E-state index contributed by atoms with van der Waals surface area (Å²) in [5, 5.41) is 0.445. The number of rotatable bonds is 5. The van der Waals surface area contributed by atoms with Crippen molar-refractivity contribution in [1.29, 1.82) is 0 Å². The molecule has 4 unspecified atom stereocenters. The van der Waals surface area contributed by atoms with Gasteiger partial charge in [0.1, 0.15) is 17.5 Å². The molecule has 0 bridgehead atoms. The minimum Gasteiger partial charge on any atom is -0.456 e. The van der Waals surface area contributed by atoms with Crippen molar-refractivity contribution in [3.8, 4) is 0 Å². The van der Waals surface area contributed by atoms with Gasteiger partial charge < -0.3 is 9.47 Å². The molecular weight excluding hydrogens is 474 g/mol. The van der Waals surface area contributed by atoms with Gasteiger partial charge in [-0.1, -0.05) is 71.0 Å². The molecule has 5 nitrogen and oxygen atoms in total. The molecule has 1 aromatic heterocycles. The number of ketones is 1. The van der Waals surface area contributed by atoms with E-state index in [1.54, 1.807) is 12.3 Å². The maximum atomic E-state index is 13.0. The Morgan fingerprint density at radius 1 is 1.17 bits per heavy atom. The third-order valence-electron chi connectivity index (χ3n) is 8.27. The maximum absolute atomic E-state index is 13.0. The average Bonchev–Trinajstić information content (AvgIpc) is 3.42. The molecule has 3 heterocycles. The number of fused-ring (bicyclic) bond motifs is 1. The molecule has 0 saturated carbocycles. The number of Topliss-reactive ketones (excluding diaryl/α,β-unsaturated/α-hetero) is 1. The van der Waals surface area contributed by atoms with E-state index in [-0.39, 0.29) is 29.4 Å². The Morgan fingerprint density at radius 3 is 2.64 bits per heavy atom. The van der Waals surface area contributed by atoms with E-state index < -0.39 is 11.5 Å². The molecule has 2 aliphatic heterocycles. The highest BCUT2D eigenvalue weighted by atomic mass is 35.5. The first-order chi connectivity index (χ1) is 17.0. The molecule has 3 rings (SSSR count). The number of carbonyl (C=O) groups excluding carboxylic acids is 2. The number of nitrogens with zero attached hydrogens (tertiary/aromatic N) is 1. The van der Waals surface area contributed by atoms with E-state index in [4.69, 9.17) is 21.1 Å². The third-order valence-corrected chi connectivity index (χ3v) is 8.62. The lowest BCUT2D eigenvalue weighted by Crippen LogP contribution is -2.32. The number of epoxide rings is 1. The summed E-state index contributed by atoms with van der Waals surface area (Å²) >= 11 is 6.82. The quantitative estimate of drug-likeness (QED) is 0.296. The number of aromatic nitrogens is 1. The molecule has 2 fully saturated rings. The predicted molar refractivity (Wildman–Crippen MR) is 145 cm³/mol. The third kappa shape index (κ3) is 7.41. The molecule has 2 aliphatic rings. The van der Waals surface area contributed by atoms with Crippen LogP contribution in [-0.2, 0) is 19.1 Å². The van der Waals surface area contributed by atoms with Gasteiger partial charge in [-0.15, -0.1) is 0 Å². The molecule has 0 N–H and O–H groups in total. The Morgan fingerprint density at radius 2 is 1.94 bits per heavy atom. The molecule has 4 atom stereocenters. The fourth-order valence-corrected chi connectivity index (χ4v) is 5.67. The van der Waals surface area contributed by atoms with E-state index in [9.17, 15) is 9.59 Å². The summed E-state index contributed by atoms with van der Waals surface area (Å²) in [6, 6.07) is 5.63. The Labute approximate surface area is 222 Å². The number of esters is 1. The lowest BCUT2D eigenvalue weighted by Gasteiger charge is -2.27. The SMILES string of the molecule is CCCCC12CC(C(Cl)=Cc3ccccn3)OC(=O)CCC(C)(C)C(=O)CCC(C)CCCC1(C)O2. The highest BCUT2D eigenvalue weighted by molar-refractivity contribution is 6.32. The second-order valence-electron chi connectivity index (χ2n) is 11.7. The standard InChI is InChI=1S/C30H44ClNO4/c1-6-7-17-30-21-25(24(31)20-23-12-8-9-19-32-23)35-27(34)15-18-28(3,4)26(33)14-13-22(2)11-10-16-29(30,5)36-30/h8-9,12,19-20,22,25H,6-7,10-11,13-18,21H2,1-5H3. The summed E-state index contributed by atoms with van der Waals surface area (Å²) in [4.78, 5) is 30.3. The summed E-state index contributed by atoms with van der Waals surface area (Å²) in [5.74, 6) is 0.371. The zero-order valence-corrected chi connectivity index (χ0v) is 23.5. The number of unbranched alkanes of at least 4 members (excludes halogenated alkanes) is 1. The van der Waals surface area contributed by atoms with Crippen LogP contribution in [0.1, 0.15) is 111 Å². The van der Waals surface area contributed by atoms with E-state index in [0.717, 1.165) is 44.9 Å². The molecule has 0 spiro atoms. The Bertz CT molecular complexity index is 930. The average molecular weight is 518 g/mol. The second-order valence-corrected chi connectivity index (χ2v) is 12.2. The first-order valence-electron chi connectivity index (χ1n) is 13.7. The van der Waals surface area contributed by atoms with Crippen LogP contribution in [0.5, 0.6) is 0 Å². The van der Waals surface area contributed by atoms with Crippen molar-refractivity contribution >= 4 is 29.4 Å². The molecule has 6 heteroatoms. The van der Waals surface area contributed by atoms with Gasteiger partial charge >= 0.3 is 5.97 Å². The molecule has 0 aliphatic carbocycles. The number of cyclic esters (lactones) is 1. The van der Waals surface area contributed by atoms with Gasteiger partial charge in [0.05, 0.1) is 16.3 Å². The number of pyridine rings is 1. The number of carbonyl (C=O) groups is 2. The van der Waals surface area contributed by atoms with Crippen LogP contribution in [0.3, 0.4) is 0 Å². The van der Waals surface area contributed by atoms with Gasteiger partial charge in [-0.3, -0.25) is 14.6 Å². The van der Waals surface area contributed by atoms with Crippen molar-refractivity contribution < 1.29 is 19.1 Å². The minimum absolute atomic E-state index is 0.179. The van der Waals surface area contributed by atoms with E-state index in [1.165, 1.54) is 0 Å². The largest absolute Gasteiger partial charge is 0.456 e. The van der Waals surface area contributed by atoms with Gasteiger partial charge in [-0.25, -0.2) is 0 Å². The van der Waals surface area contributed by atoms with Gasteiger partial charge in [0.15, 0.2) is 0 Å². The number of hydrogen-bond acceptors (Lipinski definition) is 5. The molecule has 0 aromatic carbocycles. The molecule has 36 heavy (non-hydrogen) atoms. The normalized spacial score (nSPS) is 32.4. The van der Waals surface area contributed by atoms with Crippen molar-refractivity contribution in [2.45, 2.75) is 123 Å². The maximum Gasteiger partial charge on any atom is 0.306 e. The van der Waals surface area contributed by atoms with E-state index in [2.05, 4.69) is 25.8 Å². The van der Waals surface area contributed by atoms with E-state index in [1.807, 2.05) is 32.0 Å². The van der Waals surface area contributed by atoms with Gasteiger partial charge in [-0.2, -0.15) is 0 Å². The first kappa shape index (κ1) is 28.8. The van der Waals surface area contributed by atoms with Gasteiger partial charge in [0.2, 0.25) is 0 Å². The first-order valence-corrected chi connectivity index (χ1v) is 14.1. The number of ether oxygens (including phenoxy) is 2. The van der Waals surface area contributed by atoms with E-state index in [0.29, 0.717) is 35.9 Å². The van der Waals surface area contributed by atoms with Crippen LogP contribution in [0, 0.1) is 11.3 Å². The number of halogens is 1. The van der Waals surface area contributed by atoms with Crippen LogP contribution in [-0.4, -0.2) is 34.0 Å². The zero-order valence-electron chi connectivity index (χ0n) is 22.8. The monoisotopic (exact) mass is 517 g/mol. The van der Waals surface area contributed by atoms with Crippen LogP contribution < -0.4 is 0 Å². The summed E-state index contributed by atoms with van der Waals surface area (Å²) in [6.45, 7) is 10.5. The smallest absolute Gasteiger partial charge is 0.306 e. The van der Waals surface area contributed by atoms with Crippen LogP contribution in [0.25, 0.3) is 6.08 Å². The van der Waals surface area contributed by atoms with Gasteiger partial charge in [0.25, 0.3) is 0 Å². The summed E-state index contributed by atoms with van der Waals surface area (Å²) in [6.07, 6.45) is 11.6. The molecule has 2 saturated heterocycles. The summed E-state index contributed by atoms with van der Waals surface area (Å²) in [5.41, 5.74) is -0.460. The molecule has 0 radical (unpaired) electrons. The van der Waals surface area contributed by atoms with Crippen LogP contribution in [0.4, 0.5) is 0 Å². The van der Waals surface area contributed by atoms with E-state index >= 15 is 0 Å². The lowest BCUT2D eigenvalue weighted by molar-refractivity contribution is -0.148. The van der Waals surface area contributed by atoms with Crippen molar-refractivity contribution in [2.75, 3.05) is 0 Å². The number of hydrogen-bond donors (Lipinski definition) is 0. The van der Waals surface area contributed by atoms with Crippen LogP contribution >= 0.6 is 11.6 Å². The summed E-state index contributed by atoms with van der Waals surface area (Å²) in [7, 11) is 0. The van der Waals surface area contributed by atoms with Crippen molar-refractivity contribution in [3.63, 3.8) is 0 Å². The topological polar surface area (TPSA) is 68.8 Å². The molecule has 200 valence electrons. The van der Waals surface area contributed by atoms with Crippen LogP contribution in [0.2, 0.25) is 0 Å². The van der Waals surface area contributed by atoms with Gasteiger partial charge in [-0.05, 0) is 56.7 Å². The molecular formula is C30H44ClNO4.